The van der Waals surface area contributed by atoms with Gasteiger partial charge in [0.2, 0.25) is 0 Å². The van der Waals surface area contributed by atoms with Gasteiger partial charge in [-0.05, 0) is 24.3 Å². The van der Waals surface area contributed by atoms with E-state index >= 15 is 0 Å². The molecular weight excluding hydrogens is 385 g/mol. The molecule has 0 aliphatic carbocycles. The van der Waals surface area contributed by atoms with Crippen LogP contribution in [-0.4, -0.2) is 20.4 Å². The van der Waals surface area contributed by atoms with Crippen molar-refractivity contribution in [2.24, 2.45) is 0 Å². The Kier molecular flexibility index (Phi) is 4.96. The first kappa shape index (κ1) is 19.0. The molecule has 0 fully saturated rings. The molecule has 0 atom stereocenters. The van der Waals surface area contributed by atoms with Crippen LogP contribution < -0.4 is 4.31 Å². The molecule has 0 aliphatic rings. The Hall–Kier alpha value is -2.33. The third-order valence-corrected chi connectivity index (χ3v) is 5.39. The number of alkyl halides is 3. The highest BCUT2D eigenvalue weighted by Crippen LogP contribution is 2.36. The number of rotatable bonds is 4. The first-order chi connectivity index (χ1) is 11.4. The SMILES string of the molecule is CN(c1cc(C(F)(F)F)ccc1Cl)S(=O)(=O)c1cccc([N+](=O)[O-])c1. The third-order valence-electron chi connectivity index (χ3n) is 3.30. The zero-order valence-corrected chi connectivity index (χ0v) is 14.1. The molecule has 0 unspecified atom stereocenters. The van der Waals surface area contributed by atoms with Crippen LogP contribution in [0.25, 0.3) is 0 Å². The lowest BCUT2D eigenvalue weighted by molar-refractivity contribution is -0.385. The van der Waals surface area contributed by atoms with E-state index in [9.17, 15) is 31.7 Å². The van der Waals surface area contributed by atoms with Gasteiger partial charge in [-0.2, -0.15) is 13.2 Å². The van der Waals surface area contributed by atoms with Gasteiger partial charge in [0.05, 0.1) is 26.1 Å². The van der Waals surface area contributed by atoms with Gasteiger partial charge >= 0.3 is 6.18 Å². The maximum Gasteiger partial charge on any atom is 0.416 e. The van der Waals surface area contributed by atoms with Gasteiger partial charge in [0.15, 0.2) is 0 Å². The average molecular weight is 395 g/mol. The molecule has 2 aromatic rings. The molecule has 0 N–H and O–H groups in total. The van der Waals surface area contributed by atoms with Gasteiger partial charge in [0.1, 0.15) is 0 Å². The van der Waals surface area contributed by atoms with Crippen molar-refractivity contribution in [3.63, 3.8) is 0 Å². The lowest BCUT2D eigenvalue weighted by Crippen LogP contribution is -2.27. The van der Waals surface area contributed by atoms with Crippen molar-refractivity contribution in [2.75, 3.05) is 11.4 Å². The second-order valence-electron chi connectivity index (χ2n) is 4.89. The van der Waals surface area contributed by atoms with Gasteiger partial charge in [0, 0.05) is 19.2 Å². The second kappa shape index (κ2) is 6.52. The van der Waals surface area contributed by atoms with E-state index in [4.69, 9.17) is 11.6 Å². The minimum absolute atomic E-state index is 0.218. The largest absolute Gasteiger partial charge is 0.416 e. The molecule has 0 radical (unpaired) electrons. The summed E-state index contributed by atoms with van der Waals surface area (Å²) in [6.45, 7) is 0. The predicted octanol–water partition coefficient (Wildman–Crippen LogP) is 4.09. The molecule has 25 heavy (non-hydrogen) atoms. The number of non-ortho nitro benzene ring substituents is 1. The molecule has 0 aromatic heterocycles. The second-order valence-corrected chi connectivity index (χ2v) is 7.27. The van der Waals surface area contributed by atoms with Crippen LogP contribution in [-0.2, 0) is 16.2 Å². The topological polar surface area (TPSA) is 80.5 Å². The molecule has 0 heterocycles. The van der Waals surface area contributed by atoms with Crippen LogP contribution in [0, 0.1) is 10.1 Å². The summed E-state index contributed by atoms with van der Waals surface area (Å²) in [7, 11) is -3.35. The van der Waals surface area contributed by atoms with E-state index in [1.165, 1.54) is 0 Å². The highest BCUT2D eigenvalue weighted by atomic mass is 35.5. The summed E-state index contributed by atoms with van der Waals surface area (Å²) < 4.78 is 64.2. The molecule has 2 rings (SSSR count). The Morgan fingerprint density at radius 1 is 1.16 bits per heavy atom. The number of nitrogens with zero attached hydrogens (tertiary/aromatic N) is 2. The fraction of sp³-hybridized carbons (Fsp3) is 0.143. The number of benzene rings is 2. The number of halogens is 4. The molecule has 0 saturated carbocycles. The van der Waals surface area contributed by atoms with Gasteiger partial charge < -0.3 is 0 Å². The van der Waals surface area contributed by atoms with E-state index in [-0.39, 0.29) is 5.02 Å². The molecule has 0 bridgehead atoms. The van der Waals surface area contributed by atoms with Gasteiger partial charge in [-0.15, -0.1) is 0 Å². The molecule has 0 aliphatic heterocycles. The molecule has 2 aromatic carbocycles. The molecule has 0 spiro atoms. The number of anilines is 1. The van der Waals surface area contributed by atoms with Crippen molar-refractivity contribution < 1.29 is 26.5 Å². The van der Waals surface area contributed by atoms with Crippen molar-refractivity contribution in [1.29, 1.82) is 0 Å². The van der Waals surface area contributed by atoms with E-state index < -0.39 is 43.0 Å². The van der Waals surface area contributed by atoms with Crippen LogP contribution in [0.4, 0.5) is 24.5 Å². The van der Waals surface area contributed by atoms with Crippen LogP contribution in [0.2, 0.25) is 5.02 Å². The van der Waals surface area contributed by atoms with Crippen molar-refractivity contribution in [2.45, 2.75) is 11.1 Å². The van der Waals surface area contributed by atoms with E-state index in [0.717, 1.165) is 43.4 Å². The quantitative estimate of drug-likeness (QED) is 0.577. The van der Waals surface area contributed by atoms with Crippen molar-refractivity contribution in [3.8, 4) is 0 Å². The first-order valence-electron chi connectivity index (χ1n) is 6.54. The van der Waals surface area contributed by atoms with Crippen LogP contribution in [0.5, 0.6) is 0 Å². The Balaban J connectivity index is 2.54. The van der Waals surface area contributed by atoms with Crippen molar-refractivity contribution in [1.82, 2.24) is 0 Å². The lowest BCUT2D eigenvalue weighted by Gasteiger charge is -2.21. The highest BCUT2D eigenvalue weighted by molar-refractivity contribution is 7.92. The number of hydrogen-bond donors (Lipinski definition) is 0. The normalized spacial score (nSPS) is 12.0. The van der Waals surface area contributed by atoms with E-state index in [1.807, 2.05) is 0 Å². The Morgan fingerprint density at radius 3 is 2.36 bits per heavy atom. The molecule has 0 amide bonds. The van der Waals surface area contributed by atoms with Crippen molar-refractivity contribution >= 4 is 33.0 Å². The highest BCUT2D eigenvalue weighted by Gasteiger charge is 2.33. The predicted molar refractivity (Wildman–Crippen MR) is 85.1 cm³/mol. The summed E-state index contributed by atoms with van der Waals surface area (Å²) in [5.74, 6) is 0. The van der Waals surface area contributed by atoms with Gasteiger partial charge in [0.25, 0.3) is 15.7 Å². The fourth-order valence-corrected chi connectivity index (χ4v) is 3.52. The number of hydrogen-bond acceptors (Lipinski definition) is 4. The Bertz CT molecular complexity index is 932. The zero-order valence-electron chi connectivity index (χ0n) is 12.5. The number of nitro groups is 1. The van der Waals surface area contributed by atoms with E-state index in [0.29, 0.717) is 10.4 Å². The lowest BCUT2D eigenvalue weighted by atomic mass is 10.2. The third kappa shape index (κ3) is 3.85. The summed E-state index contributed by atoms with van der Waals surface area (Å²) in [4.78, 5) is 9.55. The summed E-state index contributed by atoms with van der Waals surface area (Å²) in [5, 5.41) is 10.6. The number of nitro benzene ring substituents is 1. The summed E-state index contributed by atoms with van der Waals surface area (Å²) in [6, 6.07) is 6.41. The van der Waals surface area contributed by atoms with E-state index in [2.05, 4.69) is 0 Å². The van der Waals surface area contributed by atoms with Crippen molar-refractivity contribution in [3.05, 3.63) is 63.2 Å². The smallest absolute Gasteiger partial charge is 0.268 e. The maximum absolute atomic E-state index is 12.8. The monoisotopic (exact) mass is 394 g/mol. The fourth-order valence-electron chi connectivity index (χ4n) is 1.98. The molecule has 11 heteroatoms. The van der Waals surface area contributed by atoms with Gasteiger partial charge in [-0.3, -0.25) is 14.4 Å². The Labute approximate surface area is 145 Å². The molecule has 0 saturated heterocycles. The van der Waals surface area contributed by atoms with Gasteiger partial charge in [-0.1, -0.05) is 17.7 Å². The van der Waals surface area contributed by atoms with Crippen LogP contribution in [0.15, 0.2) is 47.4 Å². The summed E-state index contributed by atoms with van der Waals surface area (Å²) >= 11 is 5.83. The minimum Gasteiger partial charge on any atom is -0.268 e. The summed E-state index contributed by atoms with van der Waals surface area (Å²) in [6.07, 6.45) is -4.69. The van der Waals surface area contributed by atoms with E-state index in [1.54, 1.807) is 0 Å². The maximum atomic E-state index is 12.8. The van der Waals surface area contributed by atoms with Gasteiger partial charge in [-0.25, -0.2) is 8.42 Å². The zero-order chi connectivity index (χ0) is 19.0. The standard InChI is InChI=1S/C14H10ClF3N2O4S/c1-19(13-7-9(14(16,17)18)5-6-12(13)15)25(23,24)11-4-2-3-10(8-11)20(21)22/h2-8H,1H3. The van der Waals surface area contributed by atoms with Crippen LogP contribution in [0.3, 0.4) is 0 Å². The molecular formula is C14H10ClF3N2O4S. The average Bonchev–Trinajstić information content (AvgIpc) is 2.53. The Morgan fingerprint density at radius 2 is 1.80 bits per heavy atom. The first-order valence-corrected chi connectivity index (χ1v) is 8.36. The summed E-state index contributed by atoms with van der Waals surface area (Å²) in [5.41, 5.74) is -1.94. The van der Waals surface area contributed by atoms with Crippen LogP contribution >= 0.6 is 11.6 Å². The minimum atomic E-state index is -4.69. The van der Waals surface area contributed by atoms with Crippen LogP contribution in [0.1, 0.15) is 5.56 Å². The molecule has 134 valence electrons. The molecule has 6 nitrogen and oxygen atoms in total. The number of sulfonamides is 1.